The van der Waals surface area contributed by atoms with Crippen LogP contribution < -0.4 is 5.32 Å². The number of rotatable bonds is 3. The summed E-state index contributed by atoms with van der Waals surface area (Å²) < 4.78 is 13.1. The highest BCUT2D eigenvalue weighted by Crippen LogP contribution is 2.15. The fourth-order valence-electron chi connectivity index (χ4n) is 1.88. The first-order chi connectivity index (χ1) is 9.60. The van der Waals surface area contributed by atoms with Crippen LogP contribution in [-0.2, 0) is 0 Å². The zero-order valence-electron chi connectivity index (χ0n) is 10.9. The van der Waals surface area contributed by atoms with E-state index in [0.29, 0.717) is 5.56 Å². The maximum atomic E-state index is 13.1. The average molecular weight is 268 g/mol. The Morgan fingerprint density at radius 1 is 1.25 bits per heavy atom. The Kier molecular flexibility index (Phi) is 4.11. The molecule has 2 aromatic carbocycles. The van der Waals surface area contributed by atoms with E-state index in [9.17, 15) is 14.4 Å². The topological polar surface area (TPSA) is 52.9 Å². The van der Waals surface area contributed by atoms with Crippen molar-refractivity contribution in [1.29, 1.82) is 5.26 Å². The molecule has 0 radical (unpaired) electrons. The molecule has 1 unspecified atom stereocenters. The highest BCUT2D eigenvalue weighted by molar-refractivity contribution is 5.94. The number of nitrogens with zero attached hydrogens (tertiary/aromatic N) is 1. The number of hydrogen-bond donors (Lipinski definition) is 1. The Hall–Kier alpha value is -2.67. The second kappa shape index (κ2) is 5.98. The molecule has 3 nitrogen and oxygen atoms in total. The summed E-state index contributed by atoms with van der Waals surface area (Å²) in [5, 5.41) is 11.8. The van der Waals surface area contributed by atoms with Gasteiger partial charge in [0, 0.05) is 5.56 Å². The Bertz CT molecular complexity index is 676. The summed E-state index contributed by atoms with van der Waals surface area (Å²) in [4.78, 5) is 12.0. The van der Waals surface area contributed by atoms with Gasteiger partial charge in [0.1, 0.15) is 11.9 Å². The average Bonchev–Trinajstić information content (AvgIpc) is 2.44. The number of halogens is 1. The third kappa shape index (κ3) is 3.21. The van der Waals surface area contributed by atoms with Gasteiger partial charge in [0.15, 0.2) is 0 Å². The molecule has 0 heterocycles. The number of carbonyl (C=O) groups is 1. The molecule has 100 valence electrons. The molecule has 0 saturated carbocycles. The first kappa shape index (κ1) is 13.8. The lowest BCUT2D eigenvalue weighted by Crippen LogP contribution is -2.27. The number of nitrogens with one attached hydrogen (secondary N) is 1. The summed E-state index contributed by atoms with van der Waals surface area (Å²) in [5.41, 5.74) is 1.90. The largest absolute Gasteiger partial charge is 0.332 e. The molecule has 4 heteroatoms. The van der Waals surface area contributed by atoms with Gasteiger partial charge in [-0.3, -0.25) is 4.79 Å². The molecule has 2 aromatic rings. The smallest absolute Gasteiger partial charge is 0.252 e. The lowest BCUT2D eigenvalue weighted by atomic mass is 10.0. The van der Waals surface area contributed by atoms with Crippen LogP contribution in [0.1, 0.15) is 27.5 Å². The van der Waals surface area contributed by atoms with Crippen LogP contribution in [0.15, 0.2) is 48.5 Å². The van der Waals surface area contributed by atoms with Gasteiger partial charge in [-0.15, -0.1) is 0 Å². The van der Waals surface area contributed by atoms with Crippen molar-refractivity contribution >= 4 is 5.91 Å². The fraction of sp³-hybridized carbons (Fsp3) is 0.125. The number of amides is 1. The minimum absolute atomic E-state index is 0.193. The minimum Gasteiger partial charge on any atom is -0.332 e. The maximum Gasteiger partial charge on any atom is 0.252 e. The Balaban J connectivity index is 2.19. The van der Waals surface area contributed by atoms with Crippen molar-refractivity contribution in [2.75, 3.05) is 0 Å². The summed E-state index contributed by atoms with van der Waals surface area (Å²) in [6.45, 7) is 1.91. The first-order valence-corrected chi connectivity index (χ1v) is 6.13. The molecule has 20 heavy (non-hydrogen) atoms. The van der Waals surface area contributed by atoms with E-state index in [2.05, 4.69) is 5.32 Å². The fourth-order valence-corrected chi connectivity index (χ4v) is 1.88. The molecule has 0 aliphatic rings. The van der Waals surface area contributed by atoms with Gasteiger partial charge in [-0.25, -0.2) is 4.39 Å². The van der Waals surface area contributed by atoms with Crippen LogP contribution >= 0.6 is 0 Å². The predicted molar refractivity (Wildman–Crippen MR) is 73.4 cm³/mol. The first-order valence-electron chi connectivity index (χ1n) is 6.13. The predicted octanol–water partition coefficient (Wildman–Crippen LogP) is 3.13. The molecule has 1 atom stereocenters. The van der Waals surface area contributed by atoms with Gasteiger partial charge in [-0.2, -0.15) is 5.26 Å². The number of benzene rings is 2. The summed E-state index contributed by atoms with van der Waals surface area (Å²) >= 11 is 0. The Morgan fingerprint density at radius 3 is 2.65 bits per heavy atom. The quantitative estimate of drug-likeness (QED) is 0.929. The van der Waals surface area contributed by atoms with Crippen molar-refractivity contribution in [3.8, 4) is 6.07 Å². The van der Waals surface area contributed by atoms with Crippen molar-refractivity contribution < 1.29 is 9.18 Å². The Labute approximate surface area is 116 Å². The molecular formula is C16H13FN2O. The van der Waals surface area contributed by atoms with E-state index in [-0.39, 0.29) is 5.56 Å². The second-order valence-electron chi connectivity index (χ2n) is 4.46. The molecule has 0 aliphatic heterocycles. The van der Waals surface area contributed by atoms with Crippen LogP contribution in [0.3, 0.4) is 0 Å². The molecule has 0 spiro atoms. The van der Waals surface area contributed by atoms with Gasteiger partial charge < -0.3 is 5.32 Å². The maximum absolute atomic E-state index is 13.1. The summed E-state index contributed by atoms with van der Waals surface area (Å²) in [6.07, 6.45) is 0. The zero-order valence-corrected chi connectivity index (χ0v) is 10.9. The summed E-state index contributed by atoms with van der Waals surface area (Å²) in [6, 6.07) is 14.0. The lowest BCUT2D eigenvalue weighted by molar-refractivity contribution is 0.0944. The van der Waals surface area contributed by atoms with Crippen molar-refractivity contribution in [2.45, 2.75) is 13.0 Å². The van der Waals surface area contributed by atoms with E-state index in [1.807, 2.05) is 31.2 Å². The molecule has 0 fully saturated rings. The molecular weight excluding hydrogens is 255 g/mol. The standard InChI is InChI=1S/C16H13FN2O/c1-11-4-2-5-12(8-11)15(10-18)19-16(20)13-6-3-7-14(17)9-13/h2-9,15H,1H3,(H,19,20). The molecule has 1 N–H and O–H groups in total. The van der Waals surface area contributed by atoms with Crippen LogP contribution in [0.2, 0.25) is 0 Å². The highest BCUT2D eigenvalue weighted by atomic mass is 19.1. The van der Waals surface area contributed by atoms with Crippen LogP contribution in [0.4, 0.5) is 4.39 Å². The third-order valence-electron chi connectivity index (χ3n) is 2.87. The number of hydrogen-bond acceptors (Lipinski definition) is 2. The molecule has 1 amide bonds. The zero-order chi connectivity index (χ0) is 14.5. The van der Waals surface area contributed by atoms with Gasteiger partial charge in [-0.05, 0) is 30.7 Å². The van der Waals surface area contributed by atoms with E-state index < -0.39 is 17.8 Å². The minimum atomic E-state index is -0.759. The van der Waals surface area contributed by atoms with Gasteiger partial charge in [0.25, 0.3) is 5.91 Å². The van der Waals surface area contributed by atoms with E-state index >= 15 is 0 Å². The molecule has 0 saturated heterocycles. The molecule has 2 rings (SSSR count). The van der Waals surface area contributed by atoms with E-state index in [1.54, 1.807) is 6.07 Å². The second-order valence-corrected chi connectivity index (χ2v) is 4.46. The van der Waals surface area contributed by atoms with Gasteiger partial charge >= 0.3 is 0 Å². The number of nitriles is 1. The van der Waals surface area contributed by atoms with Crippen LogP contribution in [0, 0.1) is 24.1 Å². The summed E-state index contributed by atoms with van der Waals surface area (Å²) in [5.74, 6) is -0.959. The Morgan fingerprint density at radius 2 is 2.00 bits per heavy atom. The SMILES string of the molecule is Cc1cccc(C(C#N)NC(=O)c2cccc(F)c2)c1. The molecule has 0 bridgehead atoms. The van der Waals surface area contributed by atoms with Gasteiger partial charge in [-0.1, -0.05) is 35.9 Å². The summed E-state index contributed by atoms with van der Waals surface area (Å²) in [7, 11) is 0. The van der Waals surface area contributed by atoms with E-state index in [1.165, 1.54) is 18.2 Å². The van der Waals surface area contributed by atoms with Crippen molar-refractivity contribution in [1.82, 2.24) is 5.32 Å². The van der Waals surface area contributed by atoms with Crippen molar-refractivity contribution in [3.05, 3.63) is 71.0 Å². The van der Waals surface area contributed by atoms with Crippen molar-refractivity contribution in [3.63, 3.8) is 0 Å². The van der Waals surface area contributed by atoms with E-state index in [0.717, 1.165) is 11.6 Å². The van der Waals surface area contributed by atoms with Crippen LogP contribution in [0.5, 0.6) is 0 Å². The van der Waals surface area contributed by atoms with Gasteiger partial charge in [0.05, 0.1) is 6.07 Å². The lowest BCUT2D eigenvalue weighted by Gasteiger charge is -2.12. The normalized spacial score (nSPS) is 11.4. The third-order valence-corrected chi connectivity index (χ3v) is 2.87. The number of carbonyl (C=O) groups excluding carboxylic acids is 1. The highest BCUT2D eigenvalue weighted by Gasteiger charge is 2.15. The monoisotopic (exact) mass is 268 g/mol. The molecule has 0 aliphatic carbocycles. The molecule has 0 aromatic heterocycles. The van der Waals surface area contributed by atoms with Crippen LogP contribution in [0.25, 0.3) is 0 Å². The van der Waals surface area contributed by atoms with E-state index in [4.69, 9.17) is 0 Å². The van der Waals surface area contributed by atoms with Gasteiger partial charge in [0.2, 0.25) is 0 Å². The van der Waals surface area contributed by atoms with Crippen molar-refractivity contribution in [2.24, 2.45) is 0 Å². The number of aryl methyl sites for hydroxylation is 1. The van der Waals surface area contributed by atoms with Crippen LogP contribution in [-0.4, -0.2) is 5.91 Å².